The third-order valence-corrected chi connectivity index (χ3v) is 5.84. The first-order chi connectivity index (χ1) is 13.1. The van der Waals surface area contributed by atoms with Crippen molar-refractivity contribution in [2.75, 3.05) is 27.2 Å². The van der Waals surface area contributed by atoms with E-state index in [2.05, 4.69) is 18.3 Å². The third kappa shape index (κ3) is 4.84. The number of fused-ring (bicyclic) bond motifs is 1. The summed E-state index contributed by atoms with van der Waals surface area (Å²) in [5.74, 6) is 0.869. The van der Waals surface area contributed by atoms with Crippen molar-refractivity contribution in [3.05, 3.63) is 59.1 Å². The quantitative estimate of drug-likeness (QED) is 0.645. The molecule has 0 aliphatic rings. The summed E-state index contributed by atoms with van der Waals surface area (Å²) in [4.78, 5) is 19.0. The molecule has 0 unspecified atom stereocenters. The maximum absolute atomic E-state index is 12.3. The van der Waals surface area contributed by atoms with Crippen LogP contribution in [0.1, 0.15) is 23.5 Å². The zero-order valence-corrected chi connectivity index (χ0v) is 16.8. The summed E-state index contributed by atoms with van der Waals surface area (Å²) in [7, 11) is 3.62. The molecular formula is C21H25N3O2S. The lowest BCUT2D eigenvalue weighted by molar-refractivity contribution is -0.122. The SMILES string of the molecule is COc1ccccc1CCNC(=O)CN(C)[C@H](C)c1nc2ccccc2s1. The third-order valence-electron chi connectivity index (χ3n) is 4.63. The lowest BCUT2D eigenvalue weighted by atomic mass is 10.1. The number of amides is 1. The summed E-state index contributed by atoms with van der Waals surface area (Å²) in [6.07, 6.45) is 0.743. The molecule has 0 fully saturated rings. The number of carbonyl (C=O) groups excluding carboxylic acids is 1. The molecule has 1 heterocycles. The highest BCUT2D eigenvalue weighted by atomic mass is 32.1. The summed E-state index contributed by atoms with van der Waals surface area (Å²) in [5.41, 5.74) is 2.11. The Labute approximate surface area is 164 Å². The van der Waals surface area contributed by atoms with Gasteiger partial charge in [0.1, 0.15) is 10.8 Å². The van der Waals surface area contributed by atoms with Crippen molar-refractivity contribution in [1.82, 2.24) is 15.2 Å². The molecule has 142 valence electrons. The van der Waals surface area contributed by atoms with Crippen LogP contribution in [-0.2, 0) is 11.2 Å². The van der Waals surface area contributed by atoms with Crippen LogP contribution >= 0.6 is 11.3 Å². The Balaban J connectivity index is 1.51. The van der Waals surface area contributed by atoms with Gasteiger partial charge in [0.15, 0.2) is 0 Å². The molecule has 0 aliphatic carbocycles. The van der Waals surface area contributed by atoms with Crippen molar-refractivity contribution in [2.24, 2.45) is 0 Å². The average molecular weight is 384 g/mol. The van der Waals surface area contributed by atoms with Gasteiger partial charge in [-0.2, -0.15) is 0 Å². The van der Waals surface area contributed by atoms with Crippen molar-refractivity contribution >= 4 is 27.5 Å². The number of aromatic nitrogens is 1. The first-order valence-electron chi connectivity index (χ1n) is 9.02. The number of thiazole rings is 1. The van der Waals surface area contributed by atoms with Gasteiger partial charge >= 0.3 is 0 Å². The summed E-state index contributed by atoms with van der Waals surface area (Å²) in [5, 5.41) is 4.02. The van der Waals surface area contributed by atoms with Gasteiger partial charge in [0, 0.05) is 6.54 Å². The normalized spacial score (nSPS) is 12.3. The van der Waals surface area contributed by atoms with Crippen LogP contribution in [-0.4, -0.2) is 43.0 Å². The van der Waals surface area contributed by atoms with E-state index in [9.17, 15) is 4.79 Å². The molecule has 1 aromatic heterocycles. The van der Waals surface area contributed by atoms with Gasteiger partial charge in [-0.25, -0.2) is 4.98 Å². The lowest BCUT2D eigenvalue weighted by Gasteiger charge is -2.22. The minimum Gasteiger partial charge on any atom is -0.496 e. The average Bonchev–Trinajstić information content (AvgIpc) is 3.11. The second-order valence-corrected chi connectivity index (χ2v) is 7.58. The zero-order chi connectivity index (χ0) is 19.2. The summed E-state index contributed by atoms with van der Waals surface area (Å²) in [6.45, 7) is 3.01. The van der Waals surface area contributed by atoms with Gasteiger partial charge in [0.2, 0.25) is 5.91 Å². The topological polar surface area (TPSA) is 54.5 Å². The molecule has 5 nitrogen and oxygen atoms in total. The van der Waals surface area contributed by atoms with E-state index in [1.54, 1.807) is 18.4 Å². The number of methoxy groups -OCH3 is 1. The highest BCUT2D eigenvalue weighted by Gasteiger charge is 2.18. The maximum Gasteiger partial charge on any atom is 0.234 e. The second kappa shape index (κ2) is 8.97. The first kappa shape index (κ1) is 19.3. The summed E-state index contributed by atoms with van der Waals surface area (Å²) in [6, 6.07) is 16.1. The zero-order valence-electron chi connectivity index (χ0n) is 15.9. The van der Waals surface area contributed by atoms with Crippen molar-refractivity contribution in [2.45, 2.75) is 19.4 Å². The fraction of sp³-hybridized carbons (Fsp3) is 0.333. The Morgan fingerprint density at radius 2 is 1.96 bits per heavy atom. The number of likely N-dealkylation sites (N-methyl/N-ethyl adjacent to an activating group) is 1. The number of ether oxygens (including phenoxy) is 1. The van der Waals surface area contributed by atoms with Gasteiger partial charge in [0.25, 0.3) is 0 Å². The molecule has 1 amide bonds. The predicted molar refractivity (Wildman–Crippen MR) is 110 cm³/mol. The number of rotatable bonds is 8. The standard InChI is InChI=1S/C21H25N3O2S/c1-15(21-23-17-9-5-7-11-19(17)27-21)24(2)14-20(25)22-13-12-16-8-4-6-10-18(16)26-3/h4-11,15H,12-14H2,1-3H3,(H,22,25)/t15-/m1/s1. The Kier molecular flexibility index (Phi) is 6.42. The van der Waals surface area contributed by atoms with Gasteiger partial charge in [-0.05, 0) is 44.2 Å². The largest absolute Gasteiger partial charge is 0.496 e. The smallest absolute Gasteiger partial charge is 0.234 e. The molecule has 0 aliphatic heterocycles. The molecule has 0 bridgehead atoms. The Hall–Kier alpha value is -2.44. The molecule has 27 heavy (non-hydrogen) atoms. The highest BCUT2D eigenvalue weighted by Crippen LogP contribution is 2.28. The molecule has 0 saturated carbocycles. The van der Waals surface area contributed by atoms with Gasteiger partial charge < -0.3 is 10.1 Å². The number of carbonyl (C=O) groups is 1. The number of benzene rings is 2. The first-order valence-corrected chi connectivity index (χ1v) is 9.84. The van der Waals surface area contributed by atoms with Crippen LogP contribution in [0, 0.1) is 0 Å². The van der Waals surface area contributed by atoms with Crippen LogP contribution in [0.25, 0.3) is 10.2 Å². The van der Waals surface area contributed by atoms with Crippen LogP contribution in [0.15, 0.2) is 48.5 Å². The molecule has 0 spiro atoms. The fourth-order valence-corrected chi connectivity index (χ4v) is 4.01. The number of hydrogen-bond donors (Lipinski definition) is 1. The molecule has 1 atom stereocenters. The number of nitrogens with one attached hydrogen (secondary N) is 1. The van der Waals surface area contributed by atoms with Crippen molar-refractivity contribution < 1.29 is 9.53 Å². The van der Waals surface area contributed by atoms with Gasteiger partial charge in [-0.15, -0.1) is 11.3 Å². The highest BCUT2D eigenvalue weighted by molar-refractivity contribution is 7.18. The van der Waals surface area contributed by atoms with E-state index in [0.717, 1.165) is 28.3 Å². The van der Waals surface area contributed by atoms with Gasteiger partial charge in [0.05, 0.1) is 29.9 Å². The van der Waals surface area contributed by atoms with Crippen LogP contribution in [0.4, 0.5) is 0 Å². The Morgan fingerprint density at radius 1 is 1.22 bits per heavy atom. The fourth-order valence-electron chi connectivity index (χ4n) is 2.92. The minimum absolute atomic E-state index is 0.0142. The molecule has 0 radical (unpaired) electrons. The van der Waals surface area contributed by atoms with Crippen LogP contribution in [0.5, 0.6) is 5.75 Å². The van der Waals surface area contributed by atoms with Crippen LogP contribution < -0.4 is 10.1 Å². The predicted octanol–water partition coefficient (Wildman–Crippen LogP) is 3.66. The Morgan fingerprint density at radius 3 is 2.74 bits per heavy atom. The van der Waals surface area contributed by atoms with Gasteiger partial charge in [-0.1, -0.05) is 30.3 Å². The lowest BCUT2D eigenvalue weighted by Crippen LogP contribution is -2.37. The van der Waals surface area contributed by atoms with E-state index < -0.39 is 0 Å². The molecular weight excluding hydrogens is 358 g/mol. The summed E-state index contributed by atoms with van der Waals surface area (Å²) >= 11 is 1.68. The van der Waals surface area contributed by atoms with E-state index in [-0.39, 0.29) is 11.9 Å². The van der Waals surface area contributed by atoms with Crippen LogP contribution in [0.2, 0.25) is 0 Å². The molecule has 6 heteroatoms. The van der Waals surface area contributed by atoms with E-state index in [1.165, 1.54) is 4.70 Å². The number of nitrogens with zero attached hydrogens (tertiary/aromatic N) is 2. The molecule has 2 aromatic carbocycles. The van der Waals surface area contributed by atoms with E-state index in [1.807, 2.05) is 54.4 Å². The van der Waals surface area contributed by atoms with Crippen molar-refractivity contribution in [1.29, 1.82) is 0 Å². The number of para-hydroxylation sites is 2. The minimum atomic E-state index is 0.0142. The van der Waals surface area contributed by atoms with Gasteiger partial charge in [-0.3, -0.25) is 9.69 Å². The molecule has 1 N–H and O–H groups in total. The van der Waals surface area contributed by atoms with E-state index in [0.29, 0.717) is 13.1 Å². The summed E-state index contributed by atoms with van der Waals surface area (Å²) < 4.78 is 6.52. The molecule has 0 saturated heterocycles. The van der Waals surface area contributed by atoms with Crippen molar-refractivity contribution in [3.8, 4) is 5.75 Å². The molecule has 3 aromatic rings. The van der Waals surface area contributed by atoms with E-state index in [4.69, 9.17) is 9.72 Å². The van der Waals surface area contributed by atoms with Crippen molar-refractivity contribution in [3.63, 3.8) is 0 Å². The monoisotopic (exact) mass is 383 g/mol. The second-order valence-electron chi connectivity index (χ2n) is 6.52. The van der Waals surface area contributed by atoms with Crippen LogP contribution in [0.3, 0.4) is 0 Å². The molecule has 3 rings (SSSR count). The number of hydrogen-bond acceptors (Lipinski definition) is 5. The Bertz CT molecular complexity index is 876. The van der Waals surface area contributed by atoms with E-state index >= 15 is 0 Å². The maximum atomic E-state index is 12.3.